The average Bonchev–Trinajstić information content (AvgIpc) is 2.84. The third-order valence-corrected chi connectivity index (χ3v) is 6.65. The van der Waals surface area contributed by atoms with Crippen molar-refractivity contribution in [1.82, 2.24) is 0 Å². The van der Waals surface area contributed by atoms with Crippen LogP contribution in [0, 0.1) is 25.7 Å². The van der Waals surface area contributed by atoms with Crippen LogP contribution in [0.1, 0.15) is 56.1 Å². The number of rotatable bonds is 7. The predicted octanol–water partition coefficient (Wildman–Crippen LogP) is 6.83. The van der Waals surface area contributed by atoms with Crippen LogP contribution in [0.25, 0.3) is 0 Å². The molecule has 0 bridgehead atoms. The van der Waals surface area contributed by atoms with Crippen molar-refractivity contribution in [1.29, 1.82) is 0 Å². The fourth-order valence-electron chi connectivity index (χ4n) is 4.47. The highest BCUT2D eigenvalue weighted by Gasteiger charge is 2.14. The summed E-state index contributed by atoms with van der Waals surface area (Å²) in [5.74, 6) is 2.55. The van der Waals surface area contributed by atoms with Gasteiger partial charge in [-0.15, -0.1) is 0 Å². The summed E-state index contributed by atoms with van der Waals surface area (Å²) in [5, 5.41) is 7.02. The van der Waals surface area contributed by atoms with Crippen LogP contribution in [0.3, 0.4) is 0 Å². The highest BCUT2D eigenvalue weighted by atomic mass is 16.5. The molecule has 4 heteroatoms. The minimum Gasteiger partial charge on any atom is -0.495 e. The van der Waals surface area contributed by atoms with Gasteiger partial charge in [0.15, 0.2) is 0 Å². The highest BCUT2D eigenvalue weighted by molar-refractivity contribution is 5.57. The van der Waals surface area contributed by atoms with E-state index in [9.17, 15) is 0 Å². The van der Waals surface area contributed by atoms with Gasteiger partial charge in [-0.3, -0.25) is 0 Å². The largest absolute Gasteiger partial charge is 0.495 e. The van der Waals surface area contributed by atoms with E-state index in [1.54, 1.807) is 7.11 Å². The van der Waals surface area contributed by atoms with Crippen molar-refractivity contribution >= 4 is 11.4 Å². The van der Waals surface area contributed by atoms with Gasteiger partial charge in [-0.1, -0.05) is 43.0 Å². The summed E-state index contributed by atoms with van der Waals surface area (Å²) < 4.78 is 10.7. The number of hydrogen-bond donors (Lipinski definition) is 2. The Labute approximate surface area is 195 Å². The number of hydrogen-bond acceptors (Lipinski definition) is 4. The number of aryl methyl sites for hydroxylation is 2. The maximum absolute atomic E-state index is 5.38. The van der Waals surface area contributed by atoms with Crippen molar-refractivity contribution in [2.24, 2.45) is 11.8 Å². The molecular formula is C28H42N2O2. The first-order valence-electron chi connectivity index (χ1n) is 12.4. The number of ether oxygens (including phenoxy) is 2. The first kappa shape index (κ1) is 24.4. The van der Waals surface area contributed by atoms with E-state index in [0.29, 0.717) is 0 Å². The fraction of sp³-hybridized carbons (Fsp3) is 0.571. The van der Waals surface area contributed by atoms with Gasteiger partial charge in [0.05, 0.1) is 12.8 Å². The number of benzene rings is 2. The monoisotopic (exact) mass is 438 g/mol. The Kier molecular flexibility index (Phi) is 10.2. The van der Waals surface area contributed by atoms with Crippen LogP contribution < -0.4 is 15.4 Å². The molecule has 176 valence electrons. The second-order valence-corrected chi connectivity index (χ2v) is 9.39. The minimum absolute atomic E-state index is 0.717. The average molecular weight is 439 g/mol. The molecule has 2 aliphatic rings. The Balaban J connectivity index is 0.000000182. The Morgan fingerprint density at radius 3 is 2.09 bits per heavy atom. The molecule has 2 aromatic carbocycles. The molecule has 1 aliphatic carbocycles. The minimum atomic E-state index is 0.717. The lowest BCUT2D eigenvalue weighted by Gasteiger charge is -2.23. The van der Waals surface area contributed by atoms with Gasteiger partial charge in [0.1, 0.15) is 5.75 Å². The molecule has 1 saturated carbocycles. The summed E-state index contributed by atoms with van der Waals surface area (Å²) in [5.41, 5.74) is 4.91. The lowest BCUT2D eigenvalue weighted by molar-refractivity contribution is 0.0699. The van der Waals surface area contributed by atoms with Crippen molar-refractivity contribution in [2.75, 3.05) is 44.0 Å². The molecular weight excluding hydrogens is 396 g/mol. The van der Waals surface area contributed by atoms with E-state index in [0.717, 1.165) is 62.4 Å². The molecule has 1 aliphatic heterocycles. The van der Waals surface area contributed by atoms with Crippen molar-refractivity contribution in [3.63, 3.8) is 0 Å². The van der Waals surface area contributed by atoms with Crippen LogP contribution in [0.5, 0.6) is 5.75 Å². The molecule has 0 atom stereocenters. The van der Waals surface area contributed by atoms with Crippen LogP contribution >= 0.6 is 0 Å². The van der Waals surface area contributed by atoms with Crippen molar-refractivity contribution < 1.29 is 9.47 Å². The number of methoxy groups -OCH3 is 1. The van der Waals surface area contributed by atoms with Crippen LogP contribution in [0.15, 0.2) is 42.5 Å². The standard InChI is InChI=1S/C14H21NO2.C14H21N/c1-11-3-4-13(14(9-11)16-2)15-10-12-5-7-17-8-6-12;1-12-7-9-14(10-8-12)15-11-13-5-3-2-4-6-13/h3-4,9,12,15H,5-8,10H2,1-2H3;7-10,13,15H,2-6,11H2,1H3. The smallest absolute Gasteiger partial charge is 0.142 e. The molecule has 0 amide bonds. The Morgan fingerprint density at radius 1 is 0.781 bits per heavy atom. The highest BCUT2D eigenvalue weighted by Crippen LogP contribution is 2.26. The van der Waals surface area contributed by atoms with E-state index < -0.39 is 0 Å². The number of anilines is 2. The first-order chi connectivity index (χ1) is 15.6. The lowest BCUT2D eigenvalue weighted by atomic mass is 9.89. The summed E-state index contributed by atoms with van der Waals surface area (Å²) in [6, 6.07) is 15.0. The molecule has 1 saturated heterocycles. The van der Waals surface area contributed by atoms with Gasteiger partial charge in [0.2, 0.25) is 0 Å². The summed E-state index contributed by atoms with van der Waals surface area (Å²) in [7, 11) is 1.72. The molecule has 0 aromatic heterocycles. The summed E-state index contributed by atoms with van der Waals surface area (Å²) in [6.07, 6.45) is 9.45. The Bertz CT molecular complexity index is 779. The van der Waals surface area contributed by atoms with Gasteiger partial charge < -0.3 is 20.1 Å². The van der Waals surface area contributed by atoms with E-state index in [-0.39, 0.29) is 0 Å². The van der Waals surface area contributed by atoms with Crippen molar-refractivity contribution in [3.8, 4) is 5.75 Å². The second kappa shape index (κ2) is 13.4. The summed E-state index contributed by atoms with van der Waals surface area (Å²) in [4.78, 5) is 0. The second-order valence-electron chi connectivity index (χ2n) is 9.39. The Hall–Kier alpha value is -2.20. The maximum Gasteiger partial charge on any atom is 0.142 e. The van der Waals surface area contributed by atoms with Crippen molar-refractivity contribution in [3.05, 3.63) is 53.6 Å². The zero-order valence-corrected chi connectivity index (χ0v) is 20.3. The zero-order valence-electron chi connectivity index (χ0n) is 20.3. The van der Waals surface area contributed by atoms with Gasteiger partial charge in [0, 0.05) is 32.0 Å². The third-order valence-electron chi connectivity index (χ3n) is 6.65. The van der Waals surface area contributed by atoms with Crippen LogP contribution in [0.4, 0.5) is 11.4 Å². The van der Waals surface area contributed by atoms with Gasteiger partial charge in [-0.25, -0.2) is 0 Å². The third kappa shape index (κ3) is 8.38. The van der Waals surface area contributed by atoms with E-state index in [1.165, 1.54) is 48.9 Å². The maximum atomic E-state index is 5.38. The summed E-state index contributed by atoms with van der Waals surface area (Å²) in [6.45, 7) is 8.16. The summed E-state index contributed by atoms with van der Waals surface area (Å²) >= 11 is 0. The predicted molar refractivity (Wildman–Crippen MR) is 136 cm³/mol. The van der Waals surface area contributed by atoms with Crippen LogP contribution in [0.2, 0.25) is 0 Å². The van der Waals surface area contributed by atoms with E-state index in [2.05, 4.69) is 66.9 Å². The van der Waals surface area contributed by atoms with E-state index >= 15 is 0 Å². The quantitative estimate of drug-likeness (QED) is 0.497. The SMILES string of the molecule is COc1cc(C)ccc1NCC1CCOCC1.Cc1ccc(NCC2CCCCC2)cc1. The Morgan fingerprint density at radius 2 is 1.41 bits per heavy atom. The molecule has 2 fully saturated rings. The molecule has 4 rings (SSSR count). The fourth-order valence-corrected chi connectivity index (χ4v) is 4.47. The van der Waals surface area contributed by atoms with E-state index in [1.807, 2.05) is 0 Å². The molecule has 32 heavy (non-hydrogen) atoms. The van der Waals surface area contributed by atoms with Gasteiger partial charge in [0.25, 0.3) is 0 Å². The van der Waals surface area contributed by atoms with Crippen molar-refractivity contribution in [2.45, 2.75) is 58.8 Å². The topological polar surface area (TPSA) is 42.5 Å². The van der Waals surface area contributed by atoms with Crippen LogP contribution in [-0.4, -0.2) is 33.4 Å². The van der Waals surface area contributed by atoms with Gasteiger partial charge in [-0.2, -0.15) is 0 Å². The normalized spacial score (nSPS) is 17.2. The molecule has 2 aromatic rings. The van der Waals surface area contributed by atoms with E-state index in [4.69, 9.17) is 9.47 Å². The van der Waals surface area contributed by atoms with Crippen LogP contribution in [-0.2, 0) is 4.74 Å². The molecule has 4 nitrogen and oxygen atoms in total. The van der Waals surface area contributed by atoms with Gasteiger partial charge >= 0.3 is 0 Å². The molecule has 0 radical (unpaired) electrons. The zero-order chi connectivity index (χ0) is 22.6. The molecule has 1 heterocycles. The molecule has 0 unspecified atom stereocenters. The first-order valence-corrected chi connectivity index (χ1v) is 12.4. The molecule has 0 spiro atoms. The lowest BCUT2D eigenvalue weighted by Crippen LogP contribution is -2.22. The molecule has 2 N–H and O–H groups in total. The van der Waals surface area contributed by atoms with Gasteiger partial charge in [-0.05, 0) is 81.2 Å². The number of nitrogens with one attached hydrogen (secondary N) is 2.